The van der Waals surface area contributed by atoms with E-state index in [1.54, 1.807) is 0 Å². The van der Waals surface area contributed by atoms with Crippen LogP contribution in [0.4, 0.5) is 34.1 Å². The molecule has 0 spiro atoms. The second kappa shape index (κ2) is 13.2. The molecule has 0 amide bonds. The number of benzene rings is 7. The minimum atomic E-state index is -0.250. The lowest BCUT2D eigenvalue weighted by atomic mass is 9.79. The molecule has 262 valence electrons. The van der Waals surface area contributed by atoms with Crippen molar-refractivity contribution in [2.45, 2.75) is 38.5 Å². The molecule has 4 nitrogen and oxygen atoms in total. The third-order valence-corrected chi connectivity index (χ3v) is 11.2. The summed E-state index contributed by atoms with van der Waals surface area (Å²) < 4.78 is 4.89. The van der Waals surface area contributed by atoms with Gasteiger partial charge in [-0.1, -0.05) is 84.9 Å². The van der Waals surface area contributed by atoms with Crippen LogP contribution in [0.15, 0.2) is 182 Å². The molecular weight excluding hydrogens is 657 g/mol. The van der Waals surface area contributed by atoms with Gasteiger partial charge in [-0.25, -0.2) is 0 Å². The number of anilines is 2. The molecule has 0 saturated heterocycles. The first-order valence-electron chi connectivity index (χ1n) is 18.8. The summed E-state index contributed by atoms with van der Waals surface area (Å²) in [5, 5.41) is 12.1. The van der Waals surface area contributed by atoms with Gasteiger partial charge in [0, 0.05) is 83.5 Å². The topological polar surface area (TPSA) is 30.1 Å². The Kier molecular flexibility index (Phi) is 8.12. The Morgan fingerprint density at radius 3 is 1.19 bits per heavy atom. The molecule has 2 aliphatic heterocycles. The smallest absolute Gasteiger partial charge is 0.216 e. The van der Waals surface area contributed by atoms with Crippen LogP contribution in [0.1, 0.15) is 38.8 Å². The van der Waals surface area contributed by atoms with Crippen LogP contribution in [0.25, 0.3) is 21.5 Å². The number of allylic oxidation sites excluding steroid dienone is 2. The van der Waals surface area contributed by atoms with Crippen molar-refractivity contribution < 1.29 is 0 Å². The van der Waals surface area contributed by atoms with Gasteiger partial charge in [-0.05, 0) is 85.6 Å². The maximum Gasteiger partial charge on any atom is 0.216 e. The average Bonchev–Trinajstić information content (AvgIpc) is 3.58. The fourth-order valence-corrected chi connectivity index (χ4v) is 8.66. The second-order valence-corrected chi connectivity index (χ2v) is 15.3. The molecule has 0 fully saturated rings. The molecule has 7 aromatic carbocycles. The molecule has 0 radical (unpaired) electrons. The van der Waals surface area contributed by atoms with Crippen LogP contribution in [0.3, 0.4) is 0 Å². The third-order valence-electron chi connectivity index (χ3n) is 11.2. The van der Waals surface area contributed by atoms with Crippen molar-refractivity contribution in [1.29, 1.82) is 0 Å². The Balaban J connectivity index is 1.19. The van der Waals surface area contributed by atoms with Gasteiger partial charge in [0.25, 0.3) is 0 Å². The van der Waals surface area contributed by atoms with Crippen molar-refractivity contribution in [1.82, 2.24) is 9.15 Å². The van der Waals surface area contributed by atoms with Crippen LogP contribution in [0.5, 0.6) is 0 Å². The summed E-state index contributed by atoms with van der Waals surface area (Å²) in [7, 11) is 0. The molecule has 0 bridgehead atoms. The molecule has 2 heterocycles. The molecule has 2 N–H and O–H groups in total. The minimum absolute atomic E-state index is 0.250. The fourth-order valence-electron chi connectivity index (χ4n) is 8.66. The highest BCUT2D eigenvalue weighted by Crippen LogP contribution is 2.48. The van der Waals surface area contributed by atoms with E-state index in [0.29, 0.717) is 0 Å². The van der Waals surface area contributed by atoms with Gasteiger partial charge in [-0.3, -0.25) is 0 Å². The van der Waals surface area contributed by atoms with Gasteiger partial charge < -0.3 is 10.6 Å². The van der Waals surface area contributed by atoms with E-state index in [-0.39, 0.29) is 10.8 Å². The van der Waals surface area contributed by atoms with E-state index in [2.05, 4.69) is 218 Å². The van der Waals surface area contributed by atoms with Gasteiger partial charge in [-0.15, -0.1) is 0 Å². The number of fused-ring (bicyclic) bond motifs is 6. The normalized spacial score (nSPS) is 15.8. The van der Waals surface area contributed by atoms with E-state index >= 15 is 0 Å². The summed E-state index contributed by atoms with van der Waals surface area (Å²) in [6, 6.07) is 56.4. The van der Waals surface area contributed by atoms with E-state index in [1.807, 2.05) is 12.1 Å². The maximum atomic E-state index is 3.50. The van der Waals surface area contributed by atoms with Crippen LogP contribution in [0, 0.1) is 0 Å². The van der Waals surface area contributed by atoms with Crippen molar-refractivity contribution in [2.24, 2.45) is 0 Å². The molecule has 7 aromatic rings. The third kappa shape index (κ3) is 5.54. The standard InChI is InChI=1S/C50H42N4/c1-49(2)45(31-33-51-37-17-7-5-8-18-37)53(43-29-23-35-15-11-13-21-41(35)47(43)49)39-25-27-40(28-26-39)54-44-30-24-36-16-12-14-22-42(36)48(44)50(3,4)46(54)32-34-52-38-19-9-6-10-20-38/h5-34H,1-4H3/p+2. The van der Waals surface area contributed by atoms with Gasteiger partial charge in [0.1, 0.15) is 0 Å². The SMILES string of the molecule is CC1(C)C(C=CNc2ccccc2)=[N+](c2ccc([N+]3=C(C=CNc4ccccc4)C(C)(C)c4c3ccc3ccccc43)cc2)c2ccc3ccccc3c21. The Morgan fingerprint density at radius 1 is 0.407 bits per heavy atom. The summed E-state index contributed by atoms with van der Waals surface area (Å²) >= 11 is 0. The zero-order chi connectivity index (χ0) is 36.9. The summed E-state index contributed by atoms with van der Waals surface area (Å²) in [6.07, 6.45) is 8.64. The summed E-state index contributed by atoms with van der Waals surface area (Å²) in [5.41, 5.74) is 11.4. The highest BCUT2D eigenvalue weighted by atomic mass is 15.1. The number of nitrogens with zero attached hydrogens (tertiary/aromatic N) is 2. The Labute approximate surface area is 317 Å². The minimum Gasteiger partial charge on any atom is -0.361 e. The number of para-hydroxylation sites is 2. The van der Waals surface area contributed by atoms with E-state index in [1.165, 1.54) is 55.5 Å². The molecular formula is C50H44N4+2. The molecule has 0 aromatic heterocycles. The second-order valence-electron chi connectivity index (χ2n) is 15.3. The average molecular weight is 701 g/mol. The quantitative estimate of drug-likeness (QED) is 0.155. The van der Waals surface area contributed by atoms with Gasteiger partial charge in [0.05, 0.1) is 10.8 Å². The molecule has 2 aliphatic rings. The predicted molar refractivity (Wildman–Crippen MR) is 232 cm³/mol. The number of hydrogen-bond acceptors (Lipinski definition) is 2. The number of hydrogen-bond donors (Lipinski definition) is 2. The van der Waals surface area contributed by atoms with Crippen molar-refractivity contribution in [3.8, 4) is 0 Å². The molecule has 0 unspecified atom stereocenters. The van der Waals surface area contributed by atoms with Crippen LogP contribution in [-0.2, 0) is 10.8 Å². The first-order chi connectivity index (χ1) is 26.3. The molecule has 0 saturated carbocycles. The van der Waals surface area contributed by atoms with Gasteiger partial charge >= 0.3 is 0 Å². The van der Waals surface area contributed by atoms with Crippen LogP contribution >= 0.6 is 0 Å². The van der Waals surface area contributed by atoms with Crippen LogP contribution < -0.4 is 19.8 Å². The molecule has 4 heteroatoms. The monoisotopic (exact) mass is 700 g/mol. The first-order valence-corrected chi connectivity index (χ1v) is 18.8. The lowest BCUT2D eigenvalue weighted by Crippen LogP contribution is -2.28. The highest BCUT2D eigenvalue weighted by molar-refractivity contribution is 6.15. The highest BCUT2D eigenvalue weighted by Gasteiger charge is 2.48. The van der Waals surface area contributed by atoms with Gasteiger partial charge in [-0.2, -0.15) is 9.15 Å². The van der Waals surface area contributed by atoms with E-state index in [4.69, 9.17) is 0 Å². The Morgan fingerprint density at radius 2 is 0.778 bits per heavy atom. The fraction of sp³-hybridized carbons (Fsp3) is 0.120. The van der Waals surface area contributed by atoms with Crippen molar-refractivity contribution in [3.05, 3.63) is 193 Å². The largest absolute Gasteiger partial charge is 0.361 e. The van der Waals surface area contributed by atoms with E-state index in [9.17, 15) is 0 Å². The molecule has 0 aliphatic carbocycles. The molecule has 0 atom stereocenters. The van der Waals surface area contributed by atoms with Gasteiger partial charge in [0.2, 0.25) is 22.7 Å². The van der Waals surface area contributed by atoms with E-state index in [0.717, 1.165) is 22.7 Å². The lowest BCUT2D eigenvalue weighted by molar-refractivity contribution is 0.744. The summed E-state index contributed by atoms with van der Waals surface area (Å²) in [4.78, 5) is 0. The van der Waals surface area contributed by atoms with Crippen molar-refractivity contribution in [2.75, 3.05) is 10.6 Å². The zero-order valence-electron chi connectivity index (χ0n) is 31.2. The zero-order valence-corrected chi connectivity index (χ0v) is 31.2. The van der Waals surface area contributed by atoms with Gasteiger partial charge in [0.15, 0.2) is 11.4 Å². The van der Waals surface area contributed by atoms with E-state index < -0.39 is 0 Å². The summed E-state index contributed by atoms with van der Waals surface area (Å²) in [5.74, 6) is 0. The predicted octanol–water partition coefficient (Wildman–Crippen LogP) is 12.4. The maximum absolute atomic E-state index is 3.50. The van der Waals surface area contributed by atoms with Crippen molar-refractivity contribution >= 4 is 67.1 Å². The van der Waals surface area contributed by atoms with Crippen LogP contribution in [0.2, 0.25) is 0 Å². The molecule has 54 heavy (non-hydrogen) atoms. The molecule has 9 rings (SSSR count). The number of rotatable bonds is 8. The Hall–Kier alpha value is -6.52. The Bertz CT molecular complexity index is 2490. The summed E-state index contributed by atoms with van der Waals surface area (Å²) in [6.45, 7) is 9.39. The first kappa shape index (κ1) is 33.3. The van der Waals surface area contributed by atoms with Crippen LogP contribution in [-0.4, -0.2) is 11.4 Å². The van der Waals surface area contributed by atoms with Crippen molar-refractivity contribution in [3.63, 3.8) is 0 Å². The lowest BCUT2D eigenvalue weighted by Gasteiger charge is -2.17. The number of nitrogens with one attached hydrogen (secondary N) is 2.